The van der Waals surface area contributed by atoms with Crippen LogP contribution < -0.4 is 29.2 Å². The Morgan fingerprint density at radius 2 is 1.69 bits per heavy atom. The van der Waals surface area contributed by atoms with Gasteiger partial charge < -0.3 is 29.2 Å². The minimum atomic E-state index is -0.539. The van der Waals surface area contributed by atoms with Crippen LogP contribution in [-0.2, 0) is 16.1 Å². The van der Waals surface area contributed by atoms with Gasteiger partial charge in [-0.25, -0.2) is 0 Å². The first-order valence-electron chi connectivity index (χ1n) is 11.6. The number of methoxy groups -OCH3 is 4. The summed E-state index contributed by atoms with van der Waals surface area (Å²) in [4.78, 5) is 29.7. The number of nitrogens with zero attached hydrogens (tertiary/aromatic N) is 1. The summed E-state index contributed by atoms with van der Waals surface area (Å²) in [7, 11) is 6.18. The predicted molar refractivity (Wildman–Crippen MR) is 138 cm³/mol. The number of nitrogens with one attached hydrogen (secondary N) is 1. The molecule has 1 N–H and O–H groups in total. The van der Waals surface area contributed by atoms with Gasteiger partial charge in [0.25, 0.3) is 0 Å². The third-order valence-corrected chi connectivity index (χ3v) is 7.21. The number of hydrogen-bond acceptors (Lipinski definition) is 7. The van der Waals surface area contributed by atoms with Gasteiger partial charge in [0.2, 0.25) is 17.6 Å². The molecule has 0 unspecified atom stereocenters. The van der Waals surface area contributed by atoms with E-state index in [4.69, 9.17) is 18.9 Å². The SMILES string of the molecule is COc1ccc([C@@H]2[C@@H](C(=O)NCc3cccs3)CCC(=O)N2c2cc(OC)c(OC)c(OC)c2)cc1. The maximum absolute atomic E-state index is 13.5. The highest BCUT2D eigenvalue weighted by Gasteiger charge is 2.42. The minimum absolute atomic E-state index is 0.0904. The fourth-order valence-corrected chi connectivity index (χ4v) is 5.22. The van der Waals surface area contributed by atoms with Crippen molar-refractivity contribution in [3.05, 3.63) is 64.4 Å². The molecule has 1 fully saturated rings. The topological polar surface area (TPSA) is 86.3 Å². The van der Waals surface area contributed by atoms with Crippen LogP contribution in [0.5, 0.6) is 23.0 Å². The van der Waals surface area contributed by atoms with Crippen molar-refractivity contribution in [1.29, 1.82) is 0 Å². The number of piperidine rings is 1. The summed E-state index contributed by atoms with van der Waals surface area (Å²) in [5.74, 6) is 1.32. The molecule has 2 heterocycles. The lowest BCUT2D eigenvalue weighted by molar-refractivity contribution is -0.129. The number of hydrogen-bond donors (Lipinski definition) is 1. The van der Waals surface area contributed by atoms with E-state index >= 15 is 0 Å². The molecule has 4 rings (SSSR count). The summed E-state index contributed by atoms with van der Waals surface area (Å²) in [6.07, 6.45) is 0.674. The molecule has 0 aliphatic carbocycles. The second-order valence-electron chi connectivity index (χ2n) is 8.31. The average Bonchev–Trinajstić information content (AvgIpc) is 3.44. The molecule has 2 atom stereocenters. The summed E-state index contributed by atoms with van der Waals surface area (Å²) < 4.78 is 21.9. The Morgan fingerprint density at radius 1 is 1.00 bits per heavy atom. The molecule has 1 aromatic heterocycles. The van der Waals surface area contributed by atoms with Crippen LogP contribution in [0, 0.1) is 5.92 Å². The summed E-state index contributed by atoms with van der Waals surface area (Å²) in [5.41, 5.74) is 1.39. The molecule has 8 nitrogen and oxygen atoms in total. The Kier molecular flexibility index (Phi) is 8.00. The number of carbonyl (C=O) groups excluding carboxylic acids is 2. The lowest BCUT2D eigenvalue weighted by Gasteiger charge is -2.41. The zero-order valence-corrected chi connectivity index (χ0v) is 21.6. The highest BCUT2D eigenvalue weighted by molar-refractivity contribution is 7.09. The molecule has 3 aromatic rings. The number of carbonyl (C=O) groups is 2. The van der Waals surface area contributed by atoms with Gasteiger partial charge in [-0.05, 0) is 35.6 Å². The van der Waals surface area contributed by atoms with Crippen LogP contribution >= 0.6 is 11.3 Å². The average molecular weight is 511 g/mol. The van der Waals surface area contributed by atoms with E-state index in [1.807, 2.05) is 41.8 Å². The van der Waals surface area contributed by atoms with Gasteiger partial charge in [0, 0.05) is 23.4 Å². The van der Waals surface area contributed by atoms with Crippen molar-refractivity contribution in [3.63, 3.8) is 0 Å². The van der Waals surface area contributed by atoms with Gasteiger partial charge in [-0.3, -0.25) is 9.59 Å². The van der Waals surface area contributed by atoms with Gasteiger partial charge in [-0.1, -0.05) is 18.2 Å². The van der Waals surface area contributed by atoms with Gasteiger partial charge in [0.15, 0.2) is 11.5 Å². The van der Waals surface area contributed by atoms with Gasteiger partial charge >= 0.3 is 0 Å². The molecule has 9 heteroatoms. The number of anilines is 1. The summed E-state index contributed by atoms with van der Waals surface area (Å²) in [6.45, 7) is 0.445. The standard InChI is InChI=1S/C27H30N2O6S/c1-32-19-9-7-17(8-10-19)25-21(27(31)28-16-20-6-5-13-36-20)11-12-24(30)29(25)18-14-22(33-2)26(35-4)23(15-18)34-3/h5-10,13-15,21,25H,11-12,16H2,1-4H3,(H,28,31)/t21-,25+/m0/s1. The first-order valence-corrected chi connectivity index (χ1v) is 12.4. The van der Waals surface area contributed by atoms with Crippen molar-refractivity contribution in [3.8, 4) is 23.0 Å². The molecule has 2 amide bonds. The van der Waals surface area contributed by atoms with Crippen LogP contribution in [0.4, 0.5) is 5.69 Å². The Hall–Kier alpha value is -3.72. The Morgan fingerprint density at radius 3 is 2.25 bits per heavy atom. The zero-order valence-electron chi connectivity index (χ0n) is 20.8. The van der Waals surface area contributed by atoms with Gasteiger partial charge in [-0.2, -0.15) is 0 Å². The van der Waals surface area contributed by atoms with Crippen LogP contribution in [0.3, 0.4) is 0 Å². The first-order chi connectivity index (χ1) is 17.5. The molecular weight excluding hydrogens is 480 g/mol. The van der Waals surface area contributed by atoms with Gasteiger partial charge in [0.1, 0.15) is 5.75 Å². The van der Waals surface area contributed by atoms with E-state index < -0.39 is 12.0 Å². The maximum Gasteiger partial charge on any atom is 0.227 e. The van der Waals surface area contributed by atoms with Crippen molar-refractivity contribution in [2.45, 2.75) is 25.4 Å². The maximum atomic E-state index is 13.5. The van der Waals surface area contributed by atoms with E-state index in [-0.39, 0.29) is 18.2 Å². The van der Waals surface area contributed by atoms with Crippen molar-refractivity contribution in [2.75, 3.05) is 33.3 Å². The van der Waals surface area contributed by atoms with Crippen molar-refractivity contribution in [2.24, 2.45) is 5.92 Å². The molecule has 0 bridgehead atoms. The number of rotatable bonds is 9. The van der Waals surface area contributed by atoms with Crippen molar-refractivity contribution >= 4 is 28.8 Å². The molecule has 190 valence electrons. The van der Waals surface area contributed by atoms with Crippen LogP contribution in [0.25, 0.3) is 0 Å². The van der Waals surface area contributed by atoms with Crippen LogP contribution in [0.15, 0.2) is 53.9 Å². The molecule has 36 heavy (non-hydrogen) atoms. The van der Waals surface area contributed by atoms with E-state index in [9.17, 15) is 9.59 Å². The van der Waals surface area contributed by atoms with E-state index in [1.54, 1.807) is 35.5 Å². The quantitative estimate of drug-likeness (QED) is 0.453. The van der Waals surface area contributed by atoms with E-state index in [1.165, 1.54) is 21.3 Å². The van der Waals surface area contributed by atoms with E-state index in [0.29, 0.717) is 41.7 Å². The van der Waals surface area contributed by atoms with E-state index in [0.717, 1.165) is 10.4 Å². The van der Waals surface area contributed by atoms with Crippen LogP contribution in [0.2, 0.25) is 0 Å². The fraction of sp³-hybridized carbons (Fsp3) is 0.333. The number of amides is 2. The van der Waals surface area contributed by atoms with E-state index in [2.05, 4.69) is 5.32 Å². The highest BCUT2D eigenvalue weighted by atomic mass is 32.1. The molecule has 0 spiro atoms. The molecule has 0 radical (unpaired) electrons. The fourth-order valence-electron chi connectivity index (χ4n) is 4.58. The normalized spacial score (nSPS) is 17.4. The Balaban J connectivity index is 1.77. The molecule has 0 saturated carbocycles. The molecule has 1 aliphatic heterocycles. The summed E-state index contributed by atoms with van der Waals surface area (Å²) in [5, 5.41) is 5.05. The molecule has 2 aromatic carbocycles. The number of thiophene rings is 1. The van der Waals surface area contributed by atoms with Crippen LogP contribution in [-0.4, -0.2) is 40.3 Å². The zero-order chi connectivity index (χ0) is 25.7. The summed E-state index contributed by atoms with van der Waals surface area (Å²) >= 11 is 1.59. The second-order valence-corrected chi connectivity index (χ2v) is 9.34. The predicted octanol–water partition coefficient (Wildman–Crippen LogP) is 4.58. The monoisotopic (exact) mass is 510 g/mol. The third kappa shape index (κ3) is 5.11. The van der Waals surface area contributed by atoms with Gasteiger partial charge in [-0.15, -0.1) is 11.3 Å². The van der Waals surface area contributed by atoms with Crippen molar-refractivity contribution < 1.29 is 28.5 Å². The van der Waals surface area contributed by atoms with Gasteiger partial charge in [0.05, 0.1) is 52.6 Å². The molecule has 1 aliphatic rings. The molecular formula is C27H30N2O6S. The first kappa shape index (κ1) is 25.4. The minimum Gasteiger partial charge on any atom is -0.497 e. The third-order valence-electron chi connectivity index (χ3n) is 6.34. The van der Waals surface area contributed by atoms with Crippen molar-refractivity contribution in [1.82, 2.24) is 5.32 Å². The van der Waals surface area contributed by atoms with Crippen LogP contribution in [0.1, 0.15) is 29.3 Å². The highest BCUT2D eigenvalue weighted by Crippen LogP contribution is 2.46. The second kappa shape index (κ2) is 11.3. The number of ether oxygens (including phenoxy) is 4. The lowest BCUT2D eigenvalue weighted by atomic mass is 9.83. The summed E-state index contributed by atoms with van der Waals surface area (Å²) in [6, 6.07) is 14.3. The smallest absolute Gasteiger partial charge is 0.227 e. The lowest BCUT2D eigenvalue weighted by Crippen LogP contribution is -2.48. The molecule has 1 saturated heterocycles. The number of benzene rings is 2. The Labute approximate surface area is 214 Å². The Bertz CT molecular complexity index is 1170. The largest absolute Gasteiger partial charge is 0.497 e.